The molecule has 1 saturated heterocycles. The van der Waals surface area contributed by atoms with Crippen LogP contribution in [0.15, 0.2) is 72.3 Å². The Bertz CT molecular complexity index is 1560. The van der Waals surface area contributed by atoms with Crippen LogP contribution in [0.2, 0.25) is 0 Å². The van der Waals surface area contributed by atoms with E-state index in [0.717, 1.165) is 76.4 Å². The molecule has 3 heterocycles. The van der Waals surface area contributed by atoms with E-state index in [1.54, 1.807) is 0 Å². The van der Waals surface area contributed by atoms with E-state index in [1.807, 2.05) is 12.1 Å². The summed E-state index contributed by atoms with van der Waals surface area (Å²) in [6.07, 6.45) is -0.443. The minimum absolute atomic E-state index is 0.347. The highest BCUT2D eigenvalue weighted by Crippen LogP contribution is 2.45. The molecule has 0 spiro atoms. The first-order valence-electron chi connectivity index (χ1n) is 13.6. The zero-order valence-corrected chi connectivity index (χ0v) is 23.1. The fourth-order valence-corrected chi connectivity index (χ4v) is 5.88. The average Bonchev–Trinajstić information content (AvgIpc) is 3.28. The molecule has 3 aromatic carbocycles. The molecule has 1 aromatic heterocycles. The summed E-state index contributed by atoms with van der Waals surface area (Å²) in [4.78, 5) is 21.9. The zero-order chi connectivity index (χ0) is 27.1. The summed E-state index contributed by atoms with van der Waals surface area (Å²) in [6.45, 7) is 8.66. The fraction of sp³-hybridized carbons (Fsp3) is 0.303. The SMILES string of the molecule is COC(=O)C1=C(c2c(C)[nH]c3ccccc23)c2cc(-c3ccc(C)cc3)ccc2OC1CN1CCN(C)CC1. The largest absolute Gasteiger partial charge is 0.483 e. The highest BCUT2D eigenvalue weighted by molar-refractivity contribution is 6.10. The van der Waals surface area contributed by atoms with Gasteiger partial charge in [-0.25, -0.2) is 4.79 Å². The third kappa shape index (κ3) is 4.75. The number of hydrogen-bond donors (Lipinski definition) is 1. The van der Waals surface area contributed by atoms with Crippen LogP contribution in [-0.2, 0) is 9.53 Å². The third-order valence-corrected chi connectivity index (χ3v) is 8.06. The summed E-state index contributed by atoms with van der Waals surface area (Å²) in [5.74, 6) is 0.442. The van der Waals surface area contributed by atoms with Crippen molar-refractivity contribution < 1.29 is 14.3 Å². The fourth-order valence-electron chi connectivity index (χ4n) is 5.88. The Hall–Kier alpha value is -3.87. The molecule has 1 unspecified atom stereocenters. The number of carbonyl (C=O) groups excluding carboxylic acids is 1. The van der Waals surface area contributed by atoms with E-state index < -0.39 is 6.10 Å². The Kier molecular flexibility index (Phi) is 6.75. The molecule has 39 heavy (non-hydrogen) atoms. The van der Waals surface area contributed by atoms with E-state index in [-0.39, 0.29) is 5.97 Å². The minimum Gasteiger partial charge on any atom is -0.483 e. The second-order valence-corrected chi connectivity index (χ2v) is 10.7. The molecule has 6 nitrogen and oxygen atoms in total. The van der Waals surface area contributed by atoms with Crippen molar-refractivity contribution in [2.45, 2.75) is 20.0 Å². The third-order valence-electron chi connectivity index (χ3n) is 8.06. The second-order valence-electron chi connectivity index (χ2n) is 10.7. The molecule has 0 radical (unpaired) electrons. The molecule has 200 valence electrons. The predicted molar refractivity (Wildman–Crippen MR) is 156 cm³/mol. The van der Waals surface area contributed by atoms with Gasteiger partial charge in [0, 0.05) is 66.0 Å². The molecule has 6 rings (SSSR count). The van der Waals surface area contributed by atoms with Crippen molar-refractivity contribution in [2.24, 2.45) is 0 Å². The summed E-state index contributed by atoms with van der Waals surface area (Å²) in [6, 6.07) is 23.1. The molecule has 1 fully saturated rings. The van der Waals surface area contributed by atoms with Crippen LogP contribution in [0.4, 0.5) is 0 Å². The number of likely N-dealkylation sites (N-methyl/N-ethyl adjacent to an activating group) is 1. The summed E-state index contributed by atoms with van der Waals surface area (Å²) in [5.41, 5.74) is 8.89. The molecule has 0 amide bonds. The van der Waals surface area contributed by atoms with Crippen molar-refractivity contribution >= 4 is 22.4 Å². The van der Waals surface area contributed by atoms with Gasteiger partial charge in [0.2, 0.25) is 0 Å². The first-order valence-corrected chi connectivity index (χ1v) is 13.6. The van der Waals surface area contributed by atoms with Crippen molar-refractivity contribution in [3.05, 3.63) is 94.7 Å². The summed E-state index contributed by atoms with van der Waals surface area (Å²) in [7, 11) is 3.61. The number of benzene rings is 3. The van der Waals surface area contributed by atoms with Crippen LogP contribution in [0.5, 0.6) is 5.75 Å². The van der Waals surface area contributed by atoms with Gasteiger partial charge in [0.25, 0.3) is 0 Å². The van der Waals surface area contributed by atoms with Crippen LogP contribution >= 0.6 is 0 Å². The Labute approximate surface area is 229 Å². The second kappa shape index (κ2) is 10.4. The lowest BCUT2D eigenvalue weighted by Gasteiger charge is -2.37. The van der Waals surface area contributed by atoms with Crippen molar-refractivity contribution in [1.29, 1.82) is 0 Å². The number of carbonyl (C=O) groups is 1. The minimum atomic E-state index is -0.443. The normalized spacial score (nSPS) is 18.2. The number of fused-ring (bicyclic) bond motifs is 2. The van der Waals surface area contributed by atoms with Gasteiger partial charge in [-0.15, -0.1) is 0 Å². The van der Waals surface area contributed by atoms with Gasteiger partial charge >= 0.3 is 5.97 Å². The van der Waals surface area contributed by atoms with E-state index in [1.165, 1.54) is 12.7 Å². The molecule has 1 N–H and O–H groups in total. The van der Waals surface area contributed by atoms with Crippen LogP contribution in [0.1, 0.15) is 22.4 Å². The van der Waals surface area contributed by atoms with Crippen molar-refractivity contribution in [3.8, 4) is 16.9 Å². The number of aryl methyl sites for hydroxylation is 2. The number of nitrogens with one attached hydrogen (secondary N) is 1. The van der Waals surface area contributed by atoms with Crippen molar-refractivity contribution in [3.63, 3.8) is 0 Å². The molecule has 6 heteroatoms. The number of H-pyrrole nitrogens is 1. The van der Waals surface area contributed by atoms with Gasteiger partial charge in [-0.1, -0.05) is 54.1 Å². The van der Waals surface area contributed by atoms with Crippen LogP contribution in [0.3, 0.4) is 0 Å². The number of methoxy groups -OCH3 is 1. The zero-order valence-electron chi connectivity index (χ0n) is 23.1. The number of rotatable bonds is 5. The molecule has 4 aromatic rings. The predicted octanol–water partition coefficient (Wildman–Crippen LogP) is 5.44. The lowest BCUT2D eigenvalue weighted by molar-refractivity contribution is -0.137. The number of esters is 1. The molecule has 2 aliphatic rings. The Balaban J connectivity index is 1.57. The maximum Gasteiger partial charge on any atom is 0.338 e. The van der Waals surface area contributed by atoms with Crippen LogP contribution < -0.4 is 4.74 Å². The van der Waals surface area contributed by atoms with Crippen molar-refractivity contribution in [2.75, 3.05) is 46.9 Å². The van der Waals surface area contributed by atoms with E-state index in [0.29, 0.717) is 12.1 Å². The first-order chi connectivity index (χ1) is 18.9. The molecule has 0 aliphatic carbocycles. The lowest BCUT2D eigenvalue weighted by Crippen LogP contribution is -2.49. The molecule has 0 saturated carbocycles. The topological polar surface area (TPSA) is 57.8 Å². The maximum atomic E-state index is 13.6. The number of hydrogen-bond acceptors (Lipinski definition) is 5. The maximum absolute atomic E-state index is 13.6. The van der Waals surface area contributed by atoms with Crippen molar-refractivity contribution in [1.82, 2.24) is 14.8 Å². The molecule has 2 aliphatic heterocycles. The standard InChI is InChI=1S/C33H35N3O3/c1-21-9-11-23(12-10-21)24-13-14-28-26(19-24)31(30-22(2)34-27-8-6-5-7-25(27)30)32(33(37)38-4)29(39-28)20-36-17-15-35(3)16-18-36/h5-14,19,29,34H,15-18,20H2,1-4H3. The number of aromatic amines is 1. The highest BCUT2D eigenvalue weighted by atomic mass is 16.5. The summed E-state index contributed by atoms with van der Waals surface area (Å²) >= 11 is 0. The highest BCUT2D eigenvalue weighted by Gasteiger charge is 2.37. The Morgan fingerprint density at radius 1 is 0.974 bits per heavy atom. The smallest absolute Gasteiger partial charge is 0.338 e. The van der Waals surface area contributed by atoms with Gasteiger partial charge in [-0.05, 0) is 50.2 Å². The van der Waals surface area contributed by atoms with Gasteiger partial charge in [-0.2, -0.15) is 0 Å². The molecular formula is C33H35N3O3. The lowest BCUT2D eigenvalue weighted by atomic mass is 9.85. The quantitative estimate of drug-likeness (QED) is 0.355. The first kappa shape index (κ1) is 25.4. The van der Waals surface area contributed by atoms with E-state index in [9.17, 15) is 4.79 Å². The number of ether oxygens (including phenoxy) is 2. The molecule has 1 atom stereocenters. The van der Waals surface area contributed by atoms with Gasteiger partial charge in [0.1, 0.15) is 11.9 Å². The van der Waals surface area contributed by atoms with E-state index in [2.05, 4.69) is 90.3 Å². The van der Waals surface area contributed by atoms with E-state index in [4.69, 9.17) is 9.47 Å². The number of piperazine rings is 1. The van der Waals surface area contributed by atoms with Gasteiger partial charge < -0.3 is 19.4 Å². The summed E-state index contributed by atoms with van der Waals surface area (Å²) < 4.78 is 12.1. The Morgan fingerprint density at radius 2 is 1.69 bits per heavy atom. The molecular weight excluding hydrogens is 486 g/mol. The van der Waals surface area contributed by atoms with Gasteiger partial charge in [-0.3, -0.25) is 4.90 Å². The monoisotopic (exact) mass is 521 g/mol. The Morgan fingerprint density at radius 3 is 2.44 bits per heavy atom. The van der Waals surface area contributed by atoms with E-state index >= 15 is 0 Å². The van der Waals surface area contributed by atoms with Crippen LogP contribution in [0.25, 0.3) is 27.6 Å². The number of para-hydroxylation sites is 1. The van der Waals surface area contributed by atoms with Crippen LogP contribution in [-0.4, -0.2) is 73.7 Å². The number of aromatic nitrogens is 1. The average molecular weight is 522 g/mol. The van der Waals surface area contributed by atoms with Gasteiger partial charge in [0.05, 0.1) is 12.7 Å². The number of nitrogens with zero attached hydrogens (tertiary/aromatic N) is 2. The molecule has 0 bridgehead atoms. The van der Waals surface area contributed by atoms with Gasteiger partial charge in [0.15, 0.2) is 0 Å². The summed E-state index contributed by atoms with van der Waals surface area (Å²) in [5, 5.41) is 1.08. The van der Waals surface area contributed by atoms with Crippen LogP contribution in [0, 0.1) is 13.8 Å².